The van der Waals surface area contributed by atoms with Crippen molar-refractivity contribution in [2.24, 2.45) is 0 Å². The van der Waals surface area contributed by atoms with Gasteiger partial charge in [0.2, 0.25) is 0 Å². The molecule has 0 bridgehead atoms. The van der Waals surface area contributed by atoms with Gasteiger partial charge in [-0.2, -0.15) is 0 Å². The van der Waals surface area contributed by atoms with Gasteiger partial charge in [-0.3, -0.25) is 4.79 Å². The van der Waals surface area contributed by atoms with Gasteiger partial charge in [0.05, 0.1) is 4.24 Å². The maximum Gasteiger partial charge on any atom is 0.144 e. The van der Waals surface area contributed by atoms with E-state index in [-0.39, 0.29) is 0 Å². The number of allylic oxidation sites excluding steroid dienone is 1. The molecule has 0 saturated heterocycles. The van der Waals surface area contributed by atoms with Crippen LogP contribution in [0.2, 0.25) is 0 Å². The Morgan fingerprint density at radius 2 is 2.00 bits per heavy atom. The molecular formula is C10H8OS2. The van der Waals surface area contributed by atoms with E-state index >= 15 is 0 Å². The van der Waals surface area contributed by atoms with Gasteiger partial charge in [-0.05, 0) is 30.7 Å². The molecule has 1 aliphatic heterocycles. The van der Waals surface area contributed by atoms with Crippen LogP contribution in [-0.2, 0) is 4.79 Å². The van der Waals surface area contributed by atoms with Crippen LogP contribution in [0.15, 0.2) is 38.3 Å². The van der Waals surface area contributed by atoms with Crippen LogP contribution in [0.4, 0.5) is 0 Å². The van der Waals surface area contributed by atoms with Crippen LogP contribution in [0.1, 0.15) is 5.56 Å². The predicted octanol–water partition coefficient (Wildman–Crippen LogP) is 3.23. The fraction of sp³-hybridized carbons (Fsp3) is 0.100. The summed E-state index contributed by atoms with van der Waals surface area (Å²) in [6.45, 7) is 2.08. The summed E-state index contributed by atoms with van der Waals surface area (Å²) in [5.41, 5.74) is 1.26. The zero-order chi connectivity index (χ0) is 9.26. The van der Waals surface area contributed by atoms with Crippen LogP contribution in [0, 0.1) is 6.92 Å². The Labute approximate surface area is 85.6 Å². The van der Waals surface area contributed by atoms with Gasteiger partial charge in [0.15, 0.2) is 0 Å². The minimum atomic E-state index is 0.841. The minimum Gasteiger partial charge on any atom is -0.298 e. The smallest absolute Gasteiger partial charge is 0.144 e. The number of rotatable bonds is 1. The third-order valence-electron chi connectivity index (χ3n) is 1.72. The highest BCUT2D eigenvalue weighted by molar-refractivity contribution is 8.24. The molecular weight excluding hydrogens is 200 g/mol. The summed E-state index contributed by atoms with van der Waals surface area (Å²) in [7, 11) is 0. The quantitative estimate of drug-likeness (QED) is 0.521. The molecule has 0 aliphatic carbocycles. The van der Waals surface area contributed by atoms with Crippen molar-refractivity contribution in [1.29, 1.82) is 0 Å². The molecule has 13 heavy (non-hydrogen) atoms. The normalized spacial score (nSPS) is 17.5. The number of aryl methyl sites for hydroxylation is 1. The summed E-state index contributed by atoms with van der Waals surface area (Å²) < 4.78 is 1.07. The summed E-state index contributed by atoms with van der Waals surface area (Å²) in [5.74, 6) is 0. The molecule has 0 fully saturated rings. The van der Waals surface area contributed by atoms with Gasteiger partial charge in [0.1, 0.15) is 6.29 Å². The number of thioether (sulfide) groups is 2. The van der Waals surface area contributed by atoms with Gasteiger partial charge in [-0.25, -0.2) is 0 Å². The van der Waals surface area contributed by atoms with Crippen LogP contribution in [0.3, 0.4) is 0 Å². The van der Waals surface area contributed by atoms with E-state index in [1.165, 1.54) is 15.4 Å². The van der Waals surface area contributed by atoms with E-state index in [4.69, 9.17) is 0 Å². The Hall–Kier alpha value is -0.670. The van der Waals surface area contributed by atoms with Crippen LogP contribution in [0.25, 0.3) is 0 Å². The number of aldehydes is 1. The first-order valence-electron chi connectivity index (χ1n) is 3.91. The summed E-state index contributed by atoms with van der Waals surface area (Å²) in [6.07, 6.45) is 2.46. The van der Waals surface area contributed by atoms with E-state index in [2.05, 4.69) is 25.1 Å². The fourth-order valence-corrected chi connectivity index (χ4v) is 3.49. The van der Waals surface area contributed by atoms with E-state index < -0.39 is 0 Å². The van der Waals surface area contributed by atoms with Crippen LogP contribution in [-0.4, -0.2) is 6.29 Å². The highest BCUT2D eigenvalue weighted by Crippen LogP contribution is 2.50. The minimum absolute atomic E-state index is 0.841. The Balaban J connectivity index is 2.35. The van der Waals surface area contributed by atoms with Crippen molar-refractivity contribution < 1.29 is 4.79 Å². The topological polar surface area (TPSA) is 17.1 Å². The van der Waals surface area contributed by atoms with Crippen molar-refractivity contribution >= 4 is 29.8 Å². The van der Waals surface area contributed by atoms with Gasteiger partial charge in [-0.15, -0.1) is 0 Å². The fourth-order valence-electron chi connectivity index (χ4n) is 1.14. The molecule has 0 atom stereocenters. The monoisotopic (exact) mass is 208 g/mol. The second kappa shape index (κ2) is 3.60. The summed E-state index contributed by atoms with van der Waals surface area (Å²) >= 11 is 3.33. The van der Waals surface area contributed by atoms with Gasteiger partial charge in [-0.1, -0.05) is 29.6 Å². The second-order valence-corrected chi connectivity index (χ2v) is 5.20. The number of carbonyl (C=O) groups is 1. The molecule has 0 radical (unpaired) electrons. The highest BCUT2D eigenvalue weighted by Gasteiger charge is 2.16. The average Bonchev–Trinajstić information content (AvgIpc) is 2.46. The van der Waals surface area contributed by atoms with Crippen molar-refractivity contribution in [3.05, 3.63) is 34.1 Å². The molecule has 66 valence electrons. The van der Waals surface area contributed by atoms with Gasteiger partial charge >= 0.3 is 0 Å². The first-order chi connectivity index (χ1) is 6.29. The van der Waals surface area contributed by atoms with Crippen LogP contribution in [0.5, 0.6) is 0 Å². The number of carbonyl (C=O) groups excluding carboxylic acids is 1. The zero-order valence-electron chi connectivity index (χ0n) is 7.11. The summed E-state index contributed by atoms with van der Waals surface area (Å²) in [5, 5.41) is 0. The highest BCUT2D eigenvalue weighted by atomic mass is 32.2. The Bertz CT molecular complexity index is 383. The number of fused-ring (bicyclic) bond motifs is 1. The van der Waals surface area contributed by atoms with Crippen molar-refractivity contribution in [2.45, 2.75) is 16.7 Å². The first-order valence-corrected chi connectivity index (χ1v) is 5.55. The van der Waals surface area contributed by atoms with E-state index in [1.54, 1.807) is 29.6 Å². The van der Waals surface area contributed by atoms with Gasteiger partial charge < -0.3 is 0 Å². The standard InChI is InChI=1S/C10H8OS2/c1-7-2-3-8-9(6-7)13-10(12-8)4-5-11/h2-6H,1H3/b10-4-. The van der Waals surface area contributed by atoms with E-state index in [9.17, 15) is 4.79 Å². The molecule has 0 saturated carbocycles. The molecule has 0 N–H and O–H groups in total. The number of hydrogen-bond donors (Lipinski definition) is 0. The maximum atomic E-state index is 10.3. The molecule has 2 rings (SSSR count). The second-order valence-electron chi connectivity index (χ2n) is 2.78. The van der Waals surface area contributed by atoms with Crippen molar-refractivity contribution in [3.63, 3.8) is 0 Å². The van der Waals surface area contributed by atoms with Crippen molar-refractivity contribution in [1.82, 2.24) is 0 Å². The van der Waals surface area contributed by atoms with Gasteiger partial charge in [0.25, 0.3) is 0 Å². The molecule has 0 unspecified atom stereocenters. The summed E-state index contributed by atoms with van der Waals surface area (Å²) in [6, 6.07) is 6.35. The molecule has 0 amide bonds. The molecule has 1 aromatic carbocycles. The SMILES string of the molecule is Cc1ccc2c(c1)S/C(=C\C=O)S2. The van der Waals surface area contributed by atoms with E-state index in [0.29, 0.717) is 0 Å². The van der Waals surface area contributed by atoms with E-state index in [0.717, 1.165) is 10.5 Å². The van der Waals surface area contributed by atoms with Crippen LogP contribution < -0.4 is 0 Å². The third-order valence-corrected chi connectivity index (χ3v) is 4.16. The number of hydrogen-bond acceptors (Lipinski definition) is 3. The Kier molecular flexibility index (Phi) is 2.47. The lowest BCUT2D eigenvalue weighted by atomic mass is 10.2. The number of benzene rings is 1. The summed E-state index contributed by atoms with van der Waals surface area (Å²) in [4.78, 5) is 12.8. The van der Waals surface area contributed by atoms with Crippen molar-refractivity contribution in [2.75, 3.05) is 0 Å². The molecule has 1 heterocycles. The predicted molar refractivity (Wildman–Crippen MR) is 57.0 cm³/mol. The largest absolute Gasteiger partial charge is 0.298 e. The van der Waals surface area contributed by atoms with E-state index in [1.807, 2.05) is 0 Å². The molecule has 1 aromatic rings. The lowest BCUT2D eigenvalue weighted by Crippen LogP contribution is -1.73. The average molecular weight is 208 g/mol. The maximum absolute atomic E-state index is 10.3. The molecule has 1 aliphatic rings. The zero-order valence-corrected chi connectivity index (χ0v) is 8.74. The Morgan fingerprint density at radius 3 is 2.77 bits per heavy atom. The van der Waals surface area contributed by atoms with Gasteiger partial charge in [0, 0.05) is 9.79 Å². The van der Waals surface area contributed by atoms with Crippen LogP contribution >= 0.6 is 23.5 Å². The molecule has 0 aromatic heterocycles. The Morgan fingerprint density at radius 1 is 1.23 bits per heavy atom. The lowest BCUT2D eigenvalue weighted by molar-refractivity contribution is -0.104. The first kappa shape index (κ1) is 8.91. The molecule has 0 spiro atoms. The molecule has 3 heteroatoms. The molecule has 1 nitrogen and oxygen atoms in total. The third kappa shape index (κ3) is 1.81. The lowest BCUT2D eigenvalue weighted by Gasteiger charge is -1.95. The van der Waals surface area contributed by atoms with Crippen molar-refractivity contribution in [3.8, 4) is 0 Å².